The maximum Gasteiger partial charge on any atom is 0.310 e. The van der Waals surface area contributed by atoms with Crippen LogP contribution in [0.1, 0.15) is 52.4 Å². The van der Waals surface area contributed by atoms with Gasteiger partial charge in [-0.3, -0.25) is 9.69 Å². The maximum atomic E-state index is 11.6. The molecule has 0 bridgehead atoms. The summed E-state index contributed by atoms with van der Waals surface area (Å²) < 4.78 is 5.86. The van der Waals surface area contributed by atoms with Gasteiger partial charge in [0.05, 0.1) is 17.6 Å². The van der Waals surface area contributed by atoms with Gasteiger partial charge in [0.2, 0.25) is 0 Å². The highest BCUT2D eigenvalue weighted by Gasteiger charge is 2.42. The van der Waals surface area contributed by atoms with Crippen LogP contribution in [-0.4, -0.2) is 47.8 Å². The van der Waals surface area contributed by atoms with E-state index in [1.165, 1.54) is 0 Å². The molecule has 110 valence electrons. The molecule has 2 fully saturated rings. The summed E-state index contributed by atoms with van der Waals surface area (Å²) >= 11 is 0. The first-order valence-electron chi connectivity index (χ1n) is 7.67. The summed E-state index contributed by atoms with van der Waals surface area (Å²) in [5.41, 5.74) is -0.517. The van der Waals surface area contributed by atoms with Crippen molar-refractivity contribution < 1.29 is 14.6 Å². The van der Waals surface area contributed by atoms with E-state index in [0.717, 1.165) is 51.6 Å². The number of piperidine rings is 1. The van der Waals surface area contributed by atoms with Crippen molar-refractivity contribution >= 4 is 5.97 Å². The zero-order valence-electron chi connectivity index (χ0n) is 12.2. The van der Waals surface area contributed by atoms with Gasteiger partial charge in [-0.1, -0.05) is 13.3 Å². The highest BCUT2D eigenvalue weighted by atomic mass is 16.5. The van der Waals surface area contributed by atoms with E-state index in [-0.39, 0.29) is 0 Å². The van der Waals surface area contributed by atoms with Gasteiger partial charge in [-0.05, 0) is 45.6 Å². The molecule has 1 N–H and O–H groups in total. The third-order valence-corrected chi connectivity index (χ3v) is 4.62. The Hall–Kier alpha value is -0.610. The van der Waals surface area contributed by atoms with Gasteiger partial charge in [-0.25, -0.2) is 0 Å². The van der Waals surface area contributed by atoms with Crippen molar-refractivity contribution in [3.63, 3.8) is 0 Å². The molecule has 0 aromatic heterocycles. The molecule has 0 aromatic rings. The molecule has 0 spiro atoms. The van der Waals surface area contributed by atoms with Crippen molar-refractivity contribution in [3.8, 4) is 0 Å². The van der Waals surface area contributed by atoms with Gasteiger partial charge < -0.3 is 9.84 Å². The van der Waals surface area contributed by atoms with Crippen LogP contribution in [0.15, 0.2) is 0 Å². The minimum Gasteiger partial charge on any atom is -0.481 e. The number of carboxylic acids is 1. The lowest BCUT2D eigenvalue weighted by Crippen LogP contribution is -2.49. The lowest BCUT2D eigenvalue weighted by molar-refractivity contribution is -0.153. The molecule has 0 radical (unpaired) electrons. The normalized spacial score (nSPS) is 36.5. The Morgan fingerprint density at radius 1 is 1.47 bits per heavy atom. The van der Waals surface area contributed by atoms with Crippen molar-refractivity contribution in [1.29, 1.82) is 0 Å². The summed E-state index contributed by atoms with van der Waals surface area (Å²) in [6.07, 6.45) is 6.49. The number of aliphatic carboxylic acids is 1. The van der Waals surface area contributed by atoms with Crippen LogP contribution in [0, 0.1) is 5.41 Å². The molecule has 19 heavy (non-hydrogen) atoms. The van der Waals surface area contributed by atoms with Crippen LogP contribution in [0.4, 0.5) is 0 Å². The fraction of sp³-hybridized carbons (Fsp3) is 0.933. The molecular formula is C15H27NO3. The molecule has 0 saturated carbocycles. The minimum atomic E-state index is -0.611. The first-order chi connectivity index (χ1) is 9.05. The summed E-state index contributed by atoms with van der Waals surface area (Å²) in [5.74, 6) is -0.611. The van der Waals surface area contributed by atoms with Gasteiger partial charge in [0.1, 0.15) is 0 Å². The molecular weight excluding hydrogens is 242 g/mol. The zero-order valence-corrected chi connectivity index (χ0v) is 12.2. The van der Waals surface area contributed by atoms with Crippen LogP contribution >= 0.6 is 0 Å². The quantitative estimate of drug-likeness (QED) is 0.833. The van der Waals surface area contributed by atoms with E-state index in [4.69, 9.17) is 4.74 Å². The Kier molecular flexibility index (Phi) is 4.85. The highest BCUT2D eigenvalue weighted by Crippen LogP contribution is 2.35. The van der Waals surface area contributed by atoms with Crippen LogP contribution in [-0.2, 0) is 9.53 Å². The second-order valence-corrected chi connectivity index (χ2v) is 6.32. The third kappa shape index (κ3) is 3.48. The standard InChI is InChI=1S/C15H27NO3/c1-3-7-15(14(17)18)8-4-9-16(11-15)10-13-6-5-12(2)19-13/h12-13H,3-11H2,1-2H3,(H,17,18). The monoisotopic (exact) mass is 269 g/mol. The second-order valence-electron chi connectivity index (χ2n) is 6.32. The predicted octanol–water partition coefficient (Wildman–Crippen LogP) is 2.52. The Labute approximate surface area is 116 Å². The number of nitrogens with zero attached hydrogens (tertiary/aromatic N) is 1. The first-order valence-corrected chi connectivity index (χ1v) is 7.67. The SMILES string of the molecule is CCCC1(C(=O)O)CCCN(CC2CCC(C)O2)C1. The highest BCUT2D eigenvalue weighted by molar-refractivity contribution is 5.75. The Morgan fingerprint density at radius 2 is 2.26 bits per heavy atom. The van der Waals surface area contributed by atoms with Gasteiger partial charge in [0, 0.05) is 13.1 Å². The van der Waals surface area contributed by atoms with Crippen LogP contribution in [0.2, 0.25) is 0 Å². The van der Waals surface area contributed by atoms with E-state index < -0.39 is 11.4 Å². The van der Waals surface area contributed by atoms with Gasteiger partial charge in [-0.15, -0.1) is 0 Å². The molecule has 0 aromatic carbocycles. The summed E-state index contributed by atoms with van der Waals surface area (Å²) in [7, 11) is 0. The molecule has 4 nitrogen and oxygen atoms in total. The third-order valence-electron chi connectivity index (χ3n) is 4.62. The molecule has 2 aliphatic rings. The van der Waals surface area contributed by atoms with Crippen LogP contribution in [0.25, 0.3) is 0 Å². The number of carbonyl (C=O) groups is 1. The molecule has 4 heteroatoms. The molecule has 2 aliphatic heterocycles. The molecule has 2 rings (SSSR count). The van der Waals surface area contributed by atoms with E-state index in [1.54, 1.807) is 0 Å². The van der Waals surface area contributed by atoms with Crippen molar-refractivity contribution in [3.05, 3.63) is 0 Å². The molecule has 0 aliphatic carbocycles. The van der Waals surface area contributed by atoms with Crippen LogP contribution in [0.5, 0.6) is 0 Å². The fourth-order valence-electron chi connectivity index (χ4n) is 3.65. The van der Waals surface area contributed by atoms with Crippen molar-refractivity contribution in [2.24, 2.45) is 5.41 Å². The average molecular weight is 269 g/mol. The first kappa shape index (κ1) is 14.8. The average Bonchev–Trinajstić information content (AvgIpc) is 2.75. The van der Waals surface area contributed by atoms with E-state index in [1.807, 2.05) is 0 Å². The summed E-state index contributed by atoms with van der Waals surface area (Å²) in [6.45, 7) is 6.82. The largest absolute Gasteiger partial charge is 0.481 e. The van der Waals surface area contributed by atoms with E-state index in [9.17, 15) is 9.90 Å². The summed E-state index contributed by atoms with van der Waals surface area (Å²) in [5, 5.41) is 9.58. The Balaban J connectivity index is 1.93. The lowest BCUT2D eigenvalue weighted by Gasteiger charge is -2.40. The molecule has 2 saturated heterocycles. The zero-order chi connectivity index (χ0) is 13.9. The van der Waals surface area contributed by atoms with Gasteiger partial charge >= 0.3 is 5.97 Å². The molecule has 2 heterocycles. The Morgan fingerprint density at radius 3 is 2.84 bits per heavy atom. The van der Waals surface area contributed by atoms with Gasteiger partial charge in [-0.2, -0.15) is 0 Å². The Bertz CT molecular complexity index is 317. The van der Waals surface area contributed by atoms with Crippen LogP contribution < -0.4 is 0 Å². The maximum absolute atomic E-state index is 11.6. The number of carboxylic acid groups (broad SMARTS) is 1. The number of rotatable bonds is 5. The van der Waals surface area contributed by atoms with Gasteiger partial charge in [0.15, 0.2) is 0 Å². The topological polar surface area (TPSA) is 49.8 Å². The van der Waals surface area contributed by atoms with E-state index in [0.29, 0.717) is 18.8 Å². The molecule has 3 atom stereocenters. The second kappa shape index (κ2) is 6.23. The minimum absolute atomic E-state index is 0.307. The fourth-order valence-corrected chi connectivity index (χ4v) is 3.65. The molecule has 3 unspecified atom stereocenters. The van der Waals surface area contributed by atoms with Gasteiger partial charge in [0.25, 0.3) is 0 Å². The van der Waals surface area contributed by atoms with E-state index >= 15 is 0 Å². The summed E-state index contributed by atoms with van der Waals surface area (Å²) in [6, 6.07) is 0. The van der Waals surface area contributed by atoms with Crippen molar-refractivity contribution in [2.45, 2.75) is 64.6 Å². The summed E-state index contributed by atoms with van der Waals surface area (Å²) in [4.78, 5) is 14.0. The van der Waals surface area contributed by atoms with Crippen LogP contribution in [0.3, 0.4) is 0 Å². The van der Waals surface area contributed by atoms with Crippen molar-refractivity contribution in [1.82, 2.24) is 4.90 Å². The molecule has 0 amide bonds. The number of hydrogen-bond acceptors (Lipinski definition) is 3. The number of ether oxygens (including phenoxy) is 1. The smallest absolute Gasteiger partial charge is 0.310 e. The number of likely N-dealkylation sites (tertiary alicyclic amines) is 1. The van der Waals surface area contributed by atoms with E-state index in [2.05, 4.69) is 18.7 Å². The number of hydrogen-bond donors (Lipinski definition) is 1. The predicted molar refractivity (Wildman–Crippen MR) is 74.2 cm³/mol. The lowest BCUT2D eigenvalue weighted by atomic mass is 9.76. The van der Waals surface area contributed by atoms with Crippen molar-refractivity contribution in [2.75, 3.05) is 19.6 Å².